The Morgan fingerprint density at radius 3 is 2.68 bits per heavy atom. The summed E-state index contributed by atoms with van der Waals surface area (Å²) in [7, 11) is 4.05. The van der Waals surface area contributed by atoms with Gasteiger partial charge in [-0.15, -0.1) is 0 Å². The number of nitrogens with zero attached hydrogens (tertiary/aromatic N) is 1. The third kappa shape index (κ3) is 3.18. The molecule has 112 valence electrons. The number of H-pyrrole nitrogens is 1. The largest absolute Gasteiger partial charge is 0.351 e. The first-order valence-electron chi connectivity index (χ1n) is 7.24. The van der Waals surface area contributed by atoms with Crippen molar-refractivity contribution in [2.24, 2.45) is 0 Å². The maximum Gasteiger partial charge on any atom is 0.272 e. The van der Waals surface area contributed by atoms with Crippen LogP contribution in [0.25, 0.3) is 10.9 Å². The lowest BCUT2D eigenvalue weighted by Crippen LogP contribution is -2.13. The van der Waals surface area contributed by atoms with E-state index in [-0.39, 0.29) is 5.91 Å². The van der Waals surface area contributed by atoms with Crippen LogP contribution >= 0.6 is 0 Å². The first-order chi connectivity index (χ1) is 10.6. The molecule has 0 radical (unpaired) electrons. The van der Waals surface area contributed by atoms with E-state index in [1.165, 1.54) is 5.56 Å². The van der Waals surface area contributed by atoms with Gasteiger partial charge < -0.3 is 15.2 Å². The minimum atomic E-state index is -0.127. The molecule has 0 saturated carbocycles. The molecule has 1 aromatic heterocycles. The molecule has 0 spiro atoms. The van der Waals surface area contributed by atoms with Crippen LogP contribution in [0.5, 0.6) is 0 Å². The number of rotatable bonds is 4. The van der Waals surface area contributed by atoms with Gasteiger partial charge in [0.05, 0.1) is 0 Å². The lowest BCUT2D eigenvalue weighted by atomic mass is 10.2. The zero-order chi connectivity index (χ0) is 15.5. The van der Waals surface area contributed by atoms with Gasteiger partial charge >= 0.3 is 0 Å². The second-order valence-electron chi connectivity index (χ2n) is 5.66. The number of amides is 1. The highest BCUT2D eigenvalue weighted by molar-refractivity contribution is 6.05. The van der Waals surface area contributed by atoms with Crippen LogP contribution in [0, 0.1) is 0 Å². The van der Waals surface area contributed by atoms with Crippen LogP contribution in [0.2, 0.25) is 0 Å². The summed E-state index contributed by atoms with van der Waals surface area (Å²) >= 11 is 0. The molecule has 0 aliphatic heterocycles. The summed E-state index contributed by atoms with van der Waals surface area (Å²) in [4.78, 5) is 17.6. The Balaban J connectivity index is 1.78. The summed E-state index contributed by atoms with van der Waals surface area (Å²) in [6.45, 7) is 0.843. The highest BCUT2D eigenvalue weighted by Crippen LogP contribution is 2.17. The van der Waals surface area contributed by atoms with Gasteiger partial charge in [-0.1, -0.05) is 30.3 Å². The second-order valence-corrected chi connectivity index (χ2v) is 5.66. The molecular weight excluding hydrogens is 274 g/mol. The van der Waals surface area contributed by atoms with Crippen molar-refractivity contribution in [3.8, 4) is 0 Å². The van der Waals surface area contributed by atoms with Crippen molar-refractivity contribution in [3.63, 3.8) is 0 Å². The summed E-state index contributed by atoms with van der Waals surface area (Å²) in [5, 5.41) is 3.98. The molecule has 3 rings (SSSR count). The fourth-order valence-corrected chi connectivity index (χ4v) is 2.51. The van der Waals surface area contributed by atoms with E-state index in [9.17, 15) is 4.79 Å². The van der Waals surface area contributed by atoms with Gasteiger partial charge in [-0.05, 0) is 43.9 Å². The molecule has 1 heterocycles. The van der Waals surface area contributed by atoms with Crippen molar-refractivity contribution < 1.29 is 4.79 Å². The third-order valence-electron chi connectivity index (χ3n) is 3.46. The Kier molecular flexibility index (Phi) is 3.94. The van der Waals surface area contributed by atoms with Crippen LogP contribution in [0.1, 0.15) is 16.1 Å². The predicted octanol–water partition coefficient (Wildman–Crippen LogP) is 3.48. The quantitative estimate of drug-likeness (QED) is 0.773. The molecule has 2 aromatic carbocycles. The first-order valence-corrected chi connectivity index (χ1v) is 7.24. The minimum Gasteiger partial charge on any atom is -0.351 e. The lowest BCUT2D eigenvalue weighted by molar-refractivity contribution is 0.102. The number of hydrogen-bond acceptors (Lipinski definition) is 2. The minimum absolute atomic E-state index is 0.127. The van der Waals surface area contributed by atoms with E-state index in [4.69, 9.17) is 0 Å². The molecule has 4 heteroatoms. The molecule has 0 saturated heterocycles. The molecule has 4 nitrogen and oxygen atoms in total. The van der Waals surface area contributed by atoms with E-state index in [0.29, 0.717) is 5.69 Å². The standard InChI is InChI=1S/C18H19N3O/c1-21(2)12-13-6-5-8-15(10-13)19-18(22)17-11-14-7-3-4-9-16(14)20-17/h3-11,20H,12H2,1-2H3,(H,19,22). The Hall–Kier alpha value is -2.59. The zero-order valence-electron chi connectivity index (χ0n) is 12.8. The van der Waals surface area contributed by atoms with Crippen LogP contribution < -0.4 is 5.32 Å². The average Bonchev–Trinajstić information content (AvgIpc) is 2.91. The molecule has 0 fully saturated rings. The van der Waals surface area contributed by atoms with E-state index < -0.39 is 0 Å². The van der Waals surface area contributed by atoms with E-state index >= 15 is 0 Å². The van der Waals surface area contributed by atoms with Crippen LogP contribution in [0.3, 0.4) is 0 Å². The first kappa shape index (κ1) is 14.4. The van der Waals surface area contributed by atoms with Crippen molar-refractivity contribution in [1.82, 2.24) is 9.88 Å². The summed E-state index contributed by atoms with van der Waals surface area (Å²) < 4.78 is 0. The average molecular weight is 293 g/mol. The number of fused-ring (bicyclic) bond motifs is 1. The Morgan fingerprint density at radius 2 is 1.91 bits per heavy atom. The molecular formula is C18H19N3O. The Bertz CT molecular complexity index is 772. The van der Waals surface area contributed by atoms with Gasteiger partial charge in [0.1, 0.15) is 5.69 Å². The highest BCUT2D eigenvalue weighted by atomic mass is 16.1. The van der Waals surface area contributed by atoms with E-state index in [1.807, 2.05) is 62.6 Å². The number of aromatic nitrogens is 1. The van der Waals surface area contributed by atoms with Crippen LogP contribution in [-0.2, 0) is 6.54 Å². The third-order valence-corrected chi connectivity index (χ3v) is 3.46. The number of nitrogens with one attached hydrogen (secondary N) is 2. The van der Waals surface area contributed by atoms with Gasteiger partial charge in [-0.25, -0.2) is 0 Å². The number of carbonyl (C=O) groups is 1. The van der Waals surface area contributed by atoms with Gasteiger partial charge in [-0.2, -0.15) is 0 Å². The smallest absolute Gasteiger partial charge is 0.272 e. The lowest BCUT2D eigenvalue weighted by Gasteiger charge is -2.11. The molecule has 1 amide bonds. The summed E-state index contributed by atoms with van der Waals surface area (Å²) in [5.41, 5.74) is 3.51. The Labute approximate surface area is 129 Å². The number of carbonyl (C=O) groups excluding carboxylic acids is 1. The number of hydrogen-bond donors (Lipinski definition) is 2. The molecule has 0 bridgehead atoms. The molecule has 3 aromatic rings. The number of para-hydroxylation sites is 1. The number of aromatic amines is 1. The normalized spacial score (nSPS) is 11.0. The van der Waals surface area contributed by atoms with Crippen molar-refractivity contribution in [1.29, 1.82) is 0 Å². The zero-order valence-corrected chi connectivity index (χ0v) is 12.8. The number of benzene rings is 2. The maximum atomic E-state index is 12.4. The van der Waals surface area contributed by atoms with Crippen LogP contribution in [0.15, 0.2) is 54.6 Å². The van der Waals surface area contributed by atoms with Crippen LogP contribution in [0.4, 0.5) is 5.69 Å². The van der Waals surface area contributed by atoms with Gasteiger partial charge in [-0.3, -0.25) is 4.79 Å². The molecule has 0 unspecified atom stereocenters. The molecule has 2 N–H and O–H groups in total. The topological polar surface area (TPSA) is 48.1 Å². The Morgan fingerprint density at radius 1 is 1.09 bits per heavy atom. The van der Waals surface area contributed by atoms with Gasteiger partial charge in [0.15, 0.2) is 0 Å². The molecule has 22 heavy (non-hydrogen) atoms. The molecule has 0 aliphatic carbocycles. The van der Waals surface area contributed by atoms with Crippen molar-refractivity contribution in [2.75, 3.05) is 19.4 Å². The van der Waals surface area contributed by atoms with Gasteiger partial charge in [0, 0.05) is 23.1 Å². The molecule has 0 aliphatic rings. The van der Waals surface area contributed by atoms with Crippen molar-refractivity contribution in [3.05, 3.63) is 65.9 Å². The van der Waals surface area contributed by atoms with Gasteiger partial charge in [0.25, 0.3) is 5.91 Å². The number of anilines is 1. The summed E-state index contributed by atoms with van der Waals surface area (Å²) in [6.07, 6.45) is 0. The second kappa shape index (κ2) is 6.03. The van der Waals surface area contributed by atoms with E-state index in [0.717, 1.165) is 23.1 Å². The van der Waals surface area contributed by atoms with Crippen LogP contribution in [-0.4, -0.2) is 29.9 Å². The fourth-order valence-electron chi connectivity index (χ4n) is 2.51. The monoisotopic (exact) mass is 293 g/mol. The van der Waals surface area contributed by atoms with Gasteiger partial charge in [0.2, 0.25) is 0 Å². The van der Waals surface area contributed by atoms with E-state index in [2.05, 4.69) is 21.3 Å². The SMILES string of the molecule is CN(C)Cc1cccc(NC(=O)c2cc3ccccc3[nH]2)c1. The van der Waals surface area contributed by atoms with Crippen molar-refractivity contribution in [2.45, 2.75) is 6.54 Å². The van der Waals surface area contributed by atoms with E-state index in [1.54, 1.807) is 0 Å². The maximum absolute atomic E-state index is 12.4. The fraction of sp³-hybridized carbons (Fsp3) is 0.167. The summed E-state index contributed by atoms with van der Waals surface area (Å²) in [6, 6.07) is 17.6. The highest BCUT2D eigenvalue weighted by Gasteiger charge is 2.09. The van der Waals surface area contributed by atoms with Crippen molar-refractivity contribution >= 4 is 22.5 Å². The predicted molar refractivity (Wildman–Crippen MR) is 90.1 cm³/mol. The molecule has 0 atom stereocenters. The summed E-state index contributed by atoms with van der Waals surface area (Å²) in [5.74, 6) is -0.127.